The zero-order valence-electron chi connectivity index (χ0n) is 15.6. The molecular formula is C19H23ClN2O3S3. The van der Waals surface area contributed by atoms with E-state index in [0.717, 1.165) is 16.9 Å². The van der Waals surface area contributed by atoms with Crippen LogP contribution in [0.15, 0.2) is 45.5 Å². The number of halogens is 1. The van der Waals surface area contributed by atoms with E-state index in [2.05, 4.69) is 5.32 Å². The number of sulfonamides is 1. The van der Waals surface area contributed by atoms with Gasteiger partial charge in [0.2, 0.25) is 5.91 Å². The fourth-order valence-electron chi connectivity index (χ4n) is 3.20. The van der Waals surface area contributed by atoms with Gasteiger partial charge in [-0.15, -0.1) is 23.1 Å². The summed E-state index contributed by atoms with van der Waals surface area (Å²) in [5, 5.41) is 2.96. The molecule has 1 saturated heterocycles. The van der Waals surface area contributed by atoms with E-state index in [1.807, 2.05) is 30.5 Å². The molecule has 152 valence electrons. The van der Waals surface area contributed by atoms with Crippen LogP contribution in [-0.4, -0.2) is 38.0 Å². The van der Waals surface area contributed by atoms with Crippen LogP contribution in [-0.2, 0) is 21.4 Å². The molecule has 3 rings (SSSR count). The minimum Gasteiger partial charge on any atom is -0.352 e. The standard InChI is InChI=1S/C19H23ClN2O3S3/c1-26-16-4-2-15(3-5-16)13-21-18(23)12-14-8-10-22(11-9-14)28(24,25)19-7-6-17(20)27-19/h2-7,14H,8-13H2,1H3,(H,21,23). The number of rotatable bonds is 7. The first-order chi connectivity index (χ1) is 13.4. The first-order valence-electron chi connectivity index (χ1n) is 9.03. The minimum atomic E-state index is -3.48. The largest absolute Gasteiger partial charge is 0.352 e. The molecule has 0 saturated carbocycles. The van der Waals surface area contributed by atoms with Gasteiger partial charge >= 0.3 is 0 Å². The Hall–Kier alpha value is -1.06. The van der Waals surface area contributed by atoms with Gasteiger partial charge in [-0.05, 0) is 54.8 Å². The number of carbonyl (C=O) groups excluding carboxylic acids is 1. The van der Waals surface area contributed by atoms with Crippen molar-refractivity contribution in [3.63, 3.8) is 0 Å². The van der Waals surface area contributed by atoms with Gasteiger partial charge in [0.05, 0.1) is 4.34 Å². The molecule has 1 fully saturated rings. The molecule has 0 radical (unpaired) electrons. The molecule has 1 aromatic heterocycles. The van der Waals surface area contributed by atoms with Crippen LogP contribution in [0.1, 0.15) is 24.8 Å². The van der Waals surface area contributed by atoms with Crippen molar-refractivity contribution in [2.45, 2.75) is 34.9 Å². The topological polar surface area (TPSA) is 66.5 Å². The number of nitrogens with one attached hydrogen (secondary N) is 1. The Bertz CT molecular complexity index is 905. The van der Waals surface area contributed by atoms with Crippen molar-refractivity contribution in [1.82, 2.24) is 9.62 Å². The van der Waals surface area contributed by atoms with Gasteiger partial charge in [-0.2, -0.15) is 4.31 Å². The van der Waals surface area contributed by atoms with Crippen LogP contribution in [0.2, 0.25) is 4.34 Å². The van der Waals surface area contributed by atoms with E-state index >= 15 is 0 Å². The van der Waals surface area contributed by atoms with E-state index < -0.39 is 10.0 Å². The molecule has 1 aliphatic heterocycles. The lowest BCUT2D eigenvalue weighted by atomic mass is 9.94. The normalized spacial score (nSPS) is 16.2. The van der Waals surface area contributed by atoms with Crippen LogP contribution in [0.3, 0.4) is 0 Å². The van der Waals surface area contributed by atoms with Gasteiger partial charge in [-0.1, -0.05) is 23.7 Å². The van der Waals surface area contributed by atoms with Crippen molar-refractivity contribution in [3.8, 4) is 0 Å². The minimum absolute atomic E-state index is 0.0142. The summed E-state index contributed by atoms with van der Waals surface area (Å²) in [6, 6.07) is 11.3. The van der Waals surface area contributed by atoms with Crippen LogP contribution in [0.5, 0.6) is 0 Å². The van der Waals surface area contributed by atoms with Gasteiger partial charge in [-0.25, -0.2) is 8.42 Å². The average molecular weight is 459 g/mol. The molecule has 0 spiro atoms. The molecular weight excluding hydrogens is 436 g/mol. The van der Waals surface area contributed by atoms with E-state index in [-0.39, 0.29) is 16.0 Å². The number of thioether (sulfide) groups is 1. The maximum absolute atomic E-state index is 12.6. The van der Waals surface area contributed by atoms with Gasteiger partial charge in [0.15, 0.2) is 0 Å². The van der Waals surface area contributed by atoms with Crippen LogP contribution in [0.25, 0.3) is 0 Å². The summed E-state index contributed by atoms with van der Waals surface area (Å²) in [5.41, 5.74) is 1.07. The van der Waals surface area contributed by atoms with Crippen molar-refractivity contribution in [2.24, 2.45) is 5.92 Å². The molecule has 9 heteroatoms. The summed E-state index contributed by atoms with van der Waals surface area (Å²) < 4.78 is 27.5. The summed E-state index contributed by atoms with van der Waals surface area (Å²) in [6.45, 7) is 1.39. The highest BCUT2D eigenvalue weighted by atomic mass is 35.5. The molecule has 0 atom stereocenters. The molecule has 1 aliphatic rings. The summed E-state index contributed by atoms with van der Waals surface area (Å²) in [7, 11) is -3.48. The van der Waals surface area contributed by atoms with Crippen LogP contribution in [0.4, 0.5) is 0 Å². The number of hydrogen-bond donors (Lipinski definition) is 1. The molecule has 1 aromatic carbocycles. The van der Waals surface area contributed by atoms with Crippen molar-refractivity contribution < 1.29 is 13.2 Å². The van der Waals surface area contributed by atoms with E-state index in [4.69, 9.17) is 11.6 Å². The van der Waals surface area contributed by atoms with Crippen LogP contribution in [0, 0.1) is 5.92 Å². The number of hydrogen-bond acceptors (Lipinski definition) is 5. The zero-order chi connectivity index (χ0) is 20.1. The third-order valence-electron chi connectivity index (χ3n) is 4.84. The summed E-state index contributed by atoms with van der Waals surface area (Å²) in [5.74, 6) is 0.220. The maximum Gasteiger partial charge on any atom is 0.252 e. The zero-order valence-corrected chi connectivity index (χ0v) is 18.8. The Labute approximate surface area is 179 Å². The fraction of sp³-hybridized carbons (Fsp3) is 0.421. The third kappa shape index (κ3) is 5.51. The average Bonchev–Trinajstić information content (AvgIpc) is 3.14. The lowest BCUT2D eigenvalue weighted by Crippen LogP contribution is -2.39. The third-order valence-corrected chi connectivity index (χ3v) is 9.18. The SMILES string of the molecule is CSc1ccc(CNC(=O)CC2CCN(S(=O)(=O)c3ccc(Cl)s3)CC2)cc1. The number of piperidine rings is 1. The lowest BCUT2D eigenvalue weighted by Gasteiger charge is -2.30. The molecule has 0 unspecified atom stereocenters. The number of carbonyl (C=O) groups is 1. The number of benzene rings is 1. The second-order valence-corrected chi connectivity index (χ2v) is 11.5. The second-order valence-electron chi connectivity index (χ2n) is 6.73. The Morgan fingerprint density at radius 1 is 1.21 bits per heavy atom. The summed E-state index contributed by atoms with van der Waals surface area (Å²) >= 11 is 8.63. The first-order valence-corrected chi connectivity index (χ1v) is 12.9. The van der Waals surface area contributed by atoms with Gasteiger partial charge in [0.25, 0.3) is 10.0 Å². The van der Waals surface area contributed by atoms with Crippen molar-refractivity contribution in [2.75, 3.05) is 19.3 Å². The second kappa shape index (κ2) is 9.63. The summed E-state index contributed by atoms with van der Waals surface area (Å²) in [4.78, 5) is 13.4. The van der Waals surface area contributed by atoms with Gasteiger partial charge in [0, 0.05) is 31.0 Å². The van der Waals surface area contributed by atoms with E-state index in [1.54, 1.807) is 23.9 Å². The highest BCUT2D eigenvalue weighted by Gasteiger charge is 2.31. The van der Waals surface area contributed by atoms with E-state index in [1.165, 1.54) is 9.20 Å². The molecule has 1 amide bonds. The predicted molar refractivity (Wildman–Crippen MR) is 115 cm³/mol. The molecule has 0 bridgehead atoms. The van der Waals surface area contributed by atoms with Crippen LogP contribution < -0.4 is 5.32 Å². The van der Waals surface area contributed by atoms with E-state index in [0.29, 0.717) is 43.2 Å². The number of amides is 1. The lowest BCUT2D eigenvalue weighted by molar-refractivity contribution is -0.122. The van der Waals surface area contributed by atoms with Crippen molar-refractivity contribution in [3.05, 3.63) is 46.3 Å². The number of thiophene rings is 1. The van der Waals surface area contributed by atoms with Gasteiger partial charge in [0.1, 0.15) is 4.21 Å². The Morgan fingerprint density at radius 2 is 1.89 bits per heavy atom. The first kappa shape index (κ1) is 21.6. The molecule has 1 N–H and O–H groups in total. The molecule has 28 heavy (non-hydrogen) atoms. The number of nitrogens with zero attached hydrogens (tertiary/aromatic N) is 1. The fourth-order valence-corrected chi connectivity index (χ4v) is 6.71. The maximum atomic E-state index is 12.6. The molecule has 5 nitrogen and oxygen atoms in total. The van der Waals surface area contributed by atoms with Crippen molar-refractivity contribution >= 4 is 50.6 Å². The summed E-state index contributed by atoms with van der Waals surface area (Å²) in [6.07, 6.45) is 3.84. The van der Waals surface area contributed by atoms with E-state index in [9.17, 15) is 13.2 Å². The quantitative estimate of drug-likeness (QED) is 0.630. The van der Waals surface area contributed by atoms with Gasteiger partial charge < -0.3 is 5.32 Å². The molecule has 2 heterocycles. The Balaban J connectivity index is 1.45. The monoisotopic (exact) mass is 458 g/mol. The van der Waals surface area contributed by atoms with Crippen molar-refractivity contribution in [1.29, 1.82) is 0 Å². The Morgan fingerprint density at radius 3 is 2.46 bits per heavy atom. The van der Waals surface area contributed by atoms with Crippen LogP contribution >= 0.6 is 34.7 Å². The molecule has 2 aromatic rings. The van der Waals surface area contributed by atoms with Gasteiger partial charge in [-0.3, -0.25) is 4.79 Å². The molecule has 0 aliphatic carbocycles. The highest BCUT2D eigenvalue weighted by molar-refractivity contribution is 7.98. The predicted octanol–water partition coefficient (Wildman–Crippen LogP) is 4.23. The smallest absolute Gasteiger partial charge is 0.252 e. The highest BCUT2D eigenvalue weighted by Crippen LogP contribution is 2.31. The Kier molecular flexibility index (Phi) is 7.44.